The third-order valence-corrected chi connectivity index (χ3v) is 7.26. The van der Waals surface area contributed by atoms with Crippen molar-refractivity contribution >= 4 is 16.6 Å². The Bertz CT molecular complexity index is 1670. The molecule has 6 rings (SSSR count). The van der Waals surface area contributed by atoms with Gasteiger partial charge in [0.2, 0.25) is 0 Å². The third kappa shape index (κ3) is 4.30. The van der Waals surface area contributed by atoms with E-state index in [1.807, 2.05) is 54.6 Å². The lowest BCUT2D eigenvalue weighted by Crippen LogP contribution is -2.43. The van der Waals surface area contributed by atoms with Crippen molar-refractivity contribution in [1.82, 2.24) is 25.2 Å². The SMILES string of the molecule is COc1ccc2[nH]c(=O)c([C@H](c3nnnn3Cc3ccccc3)N3c4ccc(F)cc4CC[C@H]3C)cc2c1. The maximum Gasteiger partial charge on any atom is 0.254 e. The van der Waals surface area contributed by atoms with E-state index in [1.165, 1.54) is 6.07 Å². The van der Waals surface area contributed by atoms with Crippen molar-refractivity contribution in [1.29, 1.82) is 0 Å². The molecule has 0 saturated heterocycles. The van der Waals surface area contributed by atoms with Crippen LogP contribution in [0.3, 0.4) is 0 Å². The Hall–Kier alpha value is -4.53. The first-order valence-corrected chi connectivity index (χ1v) is 12.6. The van der Waals surface area contributed by atoms with Gasteiger partial charge in [-0.1, -0.05) is 30.3 Å². The summed E-state index contributed by atoms with van der Waals surface area (Å²) in [6, 6.07) is 21.6. The van der Waals surface area contributed by atoms with Gasteiger partial charge in [0.05, 0.1) is 13.7 Å². The topological polar surface area (TPSA) is 88.9 Å². The summed E-state index contributed by atoms with van der Waals surface area (Å²) < 4.78 is 21.4. The highest BCUT2D eigenvalue weighted by molar-refractivity contribution is 5.81. The number of hydrogen-bond acceptors (Lipinski definition) is 6. The van der Waals surface area contributed by atoms with E-state index in [0.29, 0.717) is 29.2 Å². The number of ether oxygens (including phenoxy) is 1. The number of methoxy groups -OCH3 is 1. The second kappa shape index (κ2) is 9.74. The number of aromatic nitrogens is 5. The summed E-state index contributed by atoms with van der Waals surface area (Å²) in [4.78, 5) is 18.8. The van der Waals surface area contributed by atoms with E-state index in [9.17, 15) is 9.18 Å². The van der Waals surface area contributed by atoms with Crippen LogP contribution in [0.4, 0.5) is 10.1 Å². The molecule has 0 fully saturated rings. The number of aryl methyl sites for hydroxylation is 1. The van der Waals surface area contributed by atoms with E-state index in [4.69, 9.17) is 4.74 Å². The highest BCUT2D eigenvalue weighted by Gasteiger charge is 2.36. The highest BCUT2D eigenvalue weighted by atomic mass is 19.1. The second-order valence-corrected chi connectivity index (χ2v) is 9.66. The van der Waals surface area contributed by atoms with Gasteiger partial charge < -0.3 is 14.6 Å². The molecule has 1 aliphatic rings. The Kier molecular flexibility index (Phi) is 6.11. The molecule has 3 heterocycles. The van der Waals surface area contributed by atoms with E-state index in [-0.39, 0.29) is 17.4 Å². The number of rotatable bonds is 6. The normalized spacial score (nSPS) is 15.9. The molecule has 2 aromatic heterocycles. The number of nitrogens with zero attached hydrogens (tertiary/aromatic N) is 5. The van der Waals surface area contributed by atoms with Crippen LogP contribution in [-0.4, -0.2) is 38.3 Å². The molecule has 0 aliphatic carbocycles. The van der Waals surface area contributed by atoms with Crippen molar-refractivity contribution in [2.24, 2.45) is 0 Å². The van der Waals surface area contributed by atoms with Crippen LogP contribution in [0.25, 0.3) is 10.9 Å². The lowest BCUT2D eigenvalue weighted by molar-refractivity contribution is 0.415. The number of halogens is 1. The second-order valence-electron chi connectivity index (χ2n) is 9.66. The number of aromatic amines is 1. The van der Waals surface area contributed by atoms with Gasteiger partial charge in [-0.05, 0) is 83.8 Å². The van der Waals surface area contributed by atoms with Crippen molar-refractivity contribution in [3.05, 3.63) is 111 Å². The van der Waals surface area contributed by atoms with Crippen LogP contribution in [0.2, 0.25) is 0 Å². The minimum atomic E-state index is -0.618. The van der Waals surface area contributed by atoms with Crippen LogP contribution in [0.1, 0.15) is 41.9 Å². The van der Waals surface area contributed by atoms with Gasteiger partial charge in [-0.25, -0.2) is 9.07 Å². The lowest BCUT2D eigenvalue weighted by atomic mass is 9.92. The van der Waals surface area contributed by atoms with Crippen LogP contribution >= 0.6 is 0 Å². The average molecular weight is 511 g/mol. The quantitative estimate of drug-likeness (QED) is 0.358. The molecule has 0 unspecified atom stereocenters. The molecule has 3 aromatic carbocycles. The van der Waals surface area contributed by atoms with Gasteiger partial charge in [-0.3, -0.25) is 4.79 Å². The number of H-pyrrole nitrogens is 1. The standard InChI is InChI=1S/C29H27FN6O2/c1-18-8-9-20-14-22(30)10-13-26(20)36(18)27(28-32-33-34-35(28)17-19-6-4-3-5-7-19)24-16-21-15-23(38-2)11-12-25(21)31-29(24)37/h3-7,10-16,18,27H,8-9,17H2,1-2H3,(H,31,37)/t18-,27-/m1/s1. The maximum atomic E-state index is 14.2. The number of fused-ring (bicyclic) bond motifs is 2. The van der Waals surface area contributed by atoms with Crippen LogP contribution < -0.4 is 15.2 Å². The number of anilines is 1. The van der Waals surface area contributed by atoms with Crippen molar-refractivity contribution < 1.29 is 9.13 Å². The molecule has 38 heavy (non-hydrogen) atoms. The fraction of sp³-hybridized carbons (Fsp3) is 0.241. The molecule has 0 saturated carbocycles. The number of tetrazole rings is 1. The van der Waals surface area contributed by atoms with Gasteiger partial charge in [0.15, 0.2) is 5.82 Å². The Morgan fingerprint density at radius 1 is 1.11 bits per heavy atom. The highest BCUT2D eigenvalue weighted by Crippen LogP contribution is 2.40. The summed E-state index contributed by atoms with van der Waals surface area (Å²) in [5.41, 5.74) is 3.77. The molecule has 0 radical (unpaired) electrons. The molecule has 9 heteroatoms. The van der Waals surface area contributed by atoms with Crippen molar-refractivity contribution in [3.8, 4) is 5.75 Å². The number of benzene rings is 3. The predicted octanol–water partition coefficient (Wildman–Crippen LogP) is 4.64. The molecule has 0 bridgehead atoms. The molecule has 8 nitrogen and oxygen atoms in total. The molecule has 192 valence electrons. The van der Waals surface area contributed by atoms with Gasteiger partial charge >= 0.3 is 0 Å². The summed E-state index contributed by atoms with van der Waals surface area (Å²) in [7, 11) is 1.61. The predicted molar refractivity (Wildman–Crippen MR) is 143 cm³/mol. The van der Waals surface area contributed by atoms with Crippen LogP contribution in [0.5, 0.6) is 5.75 Å². The zero-order chi connectivity index (χ0) is 26.2. The van der Waals surface area contributed by atoms with Crippen LogP contribution in [0.15, 0.2) is 77.6 Å². The van der Waals surface area contributed by atoms with Gasteiger partial charge in [0, 0.05) is 28.2 Å². The minimum absolute atomic E-state index is 0.0419. The van der Waals surface area contributed by atoms with E-state index >= 15 is 0 Å². The Morgan fingerprint density at radius 2 is 1.95 bits per heavy atom. The van der Waals surface area contributed by atoms with E-state index in [0.717, 1.165) is 35.0 Å². The third-order valence-electron chi connectivity index (χ3n) is 7.26. The molecule has 5 aromatic rings. The van der Waals surface area contributed by atoms with Crippen molar-refractivity contribution in [2.75, 3.05) is 12.0 Å². The zero-order valence-corrected chi connectivity index (χ0v) is 21.1. The lowest BCUT2D eigenvalue weighted by Gasteiger charge is -2.42. The maximum absolute atomic E-state index is 14.2. The van der Waals surface area contributed by atoms with E-state index in [1.54, 1.807) is 23.9 Å². The summed E-state index contributed by atoms with van der Waals surface area (Å²) in [6.07, 6.45) is 1.55. The van der Waals surface area contributed by atoms with Crippen molar-refractivity contribution in [2.45, 2.75) is 38.4 Å². The molecule has 0 spiro atoms. The van der Waals surface area contributed by atoms with E-state index in [2.05, 4.69) is 32.3 Å². The zero-order valence-electron chi connectivity index (χ0n) is 21.1. The monoisotopic (exact) mass is 510 g/mol. The summed E-state index contributed by atoms with van der Waals surface area (Å²) in [6.45, 7) is 2.56. The van der Waals surface area contributed by atoms with Crippen LogP contribution in [0, 0.1) is 5.82 Å². The molecule has 1 N–H and O–H groups in total. The van der Waals surface area contributed by atoms with Crippen LogP contribution in [-0.2, 0) is 13.0 Å². The molecular weight excluding hydrogens is 483 g/mol. The summed E-state index contributed by atoms with van der Waals surface area (Å²) >= 11 is 0. The molecule has 2 atom stereocenters. The largest absolute Gasteiger partial charge is 0.497 e. The minimum Gasteiger partial charge on any atom is -0.497 e. The first kappa shape index (κ1) is 23.8. The van der Waals surface area contributed by atoms with Gasteiger partial charge in [0.1, 0.15) is 17.6 Å². The fourth-order valence-corrected chi connectivity index (χ4v) is 5.36. The molecule has 1 aliphatic heterocycles. The van der Waals surface area contributed by atoms with Gasteiger partial charge in [0.25, 0.3) is 5.56 Å². The van der Waals surface area contributed by atoms with Crippen molar-refractivity contribution in [3.63, 3.8) is 0 Å². The smallest absolute Gasteiger partial charge is 0.254 e. The number of pyridine rings is 1. The summed E-state index contributed by atoms with van der Waals surface area (Å²) in [5, 5.41) is 13.6. The molecule has 0 amide bonds. The average Bonchev–Trinajstić information content (AvgIpc) is 3.38. The first-order valence-electron chi connectivity index (χ1n) is 12.6. The first-order chi connectivity index (χ1) is 18.5. The number of hydrogen-bond donors (Lipinski definition) is 1. The fourth-order valence-electron chi connectivity index (χ4n) is 5.36. The molecular formula is C29H27FN6O2. The Labute approximate surface area is 218 Å². The Morgan fingerprint density at radius 3 is 2.76 bits per heavy atom. The summed E-state index contributed by atoms with van der Waals surface area (Å²) in [5.74, 6) is 0.943. The van der Waals surface area contributed by atoms with E-state index < -0.39 is 6.04 Å². The van der Waals surface area contributed by atoms with Gasteiger partial charge in [-0.15, -0.1) is 5.10 Å². The Balaban J connectivity index is 1.57. The van der Waals surface area contributed by atoms with Gasteiger partial charge in [-0.2, -0.15) is 0 Å². The number of nitrogens with one attached hydrogen (secondary N) is 1.